The molecule has 1 saturated heterocycles. The first-order chi connectivity index (χ1) is 17.1. The number of nitrogens with zero attached hydrogens (tertiary/aromatic N) is 2. The average molecular weight is 502 g/mol. The van der Waals surface area contributed by atoms with Crippen LogP contribution < -0.4 is 26.8 Å². The van der Waals surface area contributed by atoms with E-state index in [1.165, 1.54) is 19.2 Å². The molecule has 1 atom stereocenters. The number of carbonyl (C=O) groups excluding carboxylic acids is 2. The first-order valence-corrected chi connectivity index (χ1v) is 11.1. The topological polar surface area (TPSA) is 137 Å². The van der Waals surface area contributed by atoms with E-state index in [1.807, 2.05) is 0 Å². The van der Waals surface area contributed by atoms with Crippen LogP contribution in [0.15, 0.2) is 42.5 Å². The van der Waals surface area contributed by atoms with Gasteiger partial charge in [0.05, 0.1) is 19.2 Å². The Bertz CT molecular complexity index is 1290. The highest BCUT2D eigenvalue weighted by Gasteiger charge is 2.45. The number of hydrogen-bond donors (Lipinski definition) is 4. The number of benzene rings is 2. The van der Waals surface area contributed by atoms with Crippen molar-refractivity contribution in [1.29, 1.82) is 0 Å². The van der Waals surface area contributed by atoms with Crippen LogP contribution in [0, 0.1) is 5.82 Å². The number of ether oxygens (including phenoxy) is 1. The molecule has 1 aromatic heterocycles. The minimum atomic E-state index is -3.11. The third kappa shape index (κ3) is 4.85. The molecule has 2 aromatic carbocycles. The van der Waals surface area contributed by atoms with Crippen molar-refractivity contribution in [2.75, 3.05) is 25.9 Å². The van der Waals surface area contributed by atoms with Crippen molar-refractivity contribution >= 4 is 17.6 Å². The van der Waals surface area contributed by atoms with Gasteiger partial charge in [-0.15, -0.1) is 0 Å². The number of anilines is 1. The Balaban J connectivity index is 1.56. The molecule has 0 spiro atoms. The maximum absolute atomic E-state index is 14.5. The van der Waals surface area contributed by atoms with E-state index in [9.17, 15) is 22.8 Å². The van der Waals surface area contributed by atoms with Gasteiger partial charge in [0.2, 0.25) is 0 Å². The Morgan fingerprint density at radius 2 is 1.97 bits per heavy atom. The first kappa shape index (κ1) is 25.0. The molecule has 4 rings (SSSR count). The number of nitrogens with two attached hydrogens (primary N) is 2. The summed E-state index contributed by atoms with van der Waals surface area (Å²) in [6.07, 6.45) is 0.0747. The van der Waals surface area contributed by atoms with E-state index in [0.717, 1.165) is 10.7 Å². The highest BCUT2D eigenvalue weighted by molar-refractivity contribution is 6.03. The van der Waals surface area contributed by atoms with E-state index < -0.39 is 36.1 Å². The quantitative estimate of drug-likeness (QED) is 0.392. The maximum atomic E-state index is 14.5. The molecule has 6 N–H and O–H groups in total. The lowest BCUT2D eigenvalue weighted by molar-refractivity contribution is -0.0689. The highest BCUT2D eigenvalue weighted by atomic mass is 19.3. The summed E-state index contributed by atoms with van der Waals surface area (Å²) in [4.78, 5) is 24.6. The van der Waals surface area contributed by atoms with Crippen molar-refractivity contribution in [3.05, 3.63) is 65.0 Å². The molecule has 1 aliphatic rings. The van der Waals surface area contributed by atoms with Gasteiger partial charge in [-0.3, -0.25) is 9.59 Å². The number of rotatable bonds is 7. The normalized spacial score (nSPS) is 16.9. The number of methoxy groups -OCH3 is 1. The van der Waals surface area contributed by atoms with Crippen LogP contribution in [0.4, 0.5) is 19.0 Å². The summed E-state index contributed by atoms with van der Waals surface area (Å²) in [5.41, 5.74) is 12.7. The molecule has 36 heavy (non-hydrogen) atoms. The van der Waals surface area contributed by atoms with Crippen LogP contribution in [0.2, 0.25) is 0 Å². The van der Waals surface area contributed by atoms with Crippen LogP contribution in [0.1, 0.15) is 38.7 Å². The number of primary amides is 1. The first-order valence-electron chi connectivity index (χ1n) is 11.1. The van der Waals surface area contributed by atoms with Crippen LogP contribution in [0.5, 0.6) is 5.75 Å². The van der Waals surface area contributed by atoms with Gasteiger partial charge in [-0.25, -0.2) is 17.9 Å². The Morgan fingerprint density at radius 1 is 1.25 bits per heavy atom. The maximum Gasteiger partial charge on any atom is 0.282 e. The zero-order valence-corrected chi connectivity index (χ0v) is 19.4. The summed E-state index contributed by atoms with van der Waals surface area (Å²) in [5.74, 6) is -5.08. The monoisotopic (exact) mass is 502 g/mol. The molecule has 2 heterocycles. The molecule has 1 unspecified atom stereocenters. The Hall–Kier alpha value is -4.06. The third-order valence-electron chi connectivity index (χ3n) is 6.02. The number of nitrogens with one attached hydrogen (secondary N) is 2. The number of hydrogen-bond acceptors (Lipinski definition) is 6. The van der Waals surface area contributed by atoms with Gasteiger partial charge < -0.3 is 26.8 Å². The number of halogens is 3. The van der Waals surface area contributed by atoms with Crippen molar-refractivity contribution in [2.24, 2.45) is 5.73 Å². The van der Waals surface area contributed by atoms with Crippen molar-refractivity contribution in [3.63, 3.8) is 0 Å². The number of nitrogen functional groups attached to an aromatic ring is 1. The van der Waals surface area contributed by atoms with E-state index in [4.69, 9.17) is 16.2 Å². The standard InChI is InChI=1S/C24H25F3N6O3/c1-36-17-7-6-15(25)10-16(17)23(35)31-11-13-2-4-14(5-3-13)20-19(22(29)34)21(28)33(32-20)18-8-9-30-12-24(18,26)27/h2-7,10,18,30H,8-9,11-12,28H2,1H3,(H2,29,34)(H,31,35). The second-order valence-electron chi connectivity index (χ2n) is 8.38. The molecule has 3 aromatic rings. The van der Waals surface area contributed by atoms with E-state index >= 15 is 0 Å². The van der Waals surface area contributed by atoms with E-state index in [1.54, 1.807) is 24.3 Å². The van der Waals surface area contributed by atoms with E-state index in [2.05, 4.69) is 15.7 Å². The number of carbonyl (C=O) groups is 2. The lowest BCUT2D eigenvalue weighted by Crippen LogP contribution is -2.47. The molecule has 190 valence electrons. The molecule has 0 aliphatic carbocycles. The molecule has 0 radical (unpaired) electrons. The van der Waals surface area contributed by atoms with Gasteiger partial charge in [0, 0.05) is 12.1 Å². The Morgan fingerprint density at radius 3 is 2.61 bits per heavy atom. The summed E-state index contributed by atoms with van der Waals surface area (Å²) < 4.78 is 48.7. The van der Waals surface area contributed by atoms with E-state index in [-0.39, 0.29) is 41.4 Å². The minimum Gasteiger partial charge on any atom is -0.496 e. The smallest absolute Gasteiger partial charge is 0.282 e. The van der Waals surface area contributed by atoms with Crippen molar-refractivity contribution in [1.82, 2.24) is 20.4 Å². The fraction of sp³-hybridized carbons (Fsp3) is 0.292. The number of aromatic nitrogens is 2. The van der Waals surface area contributed by atoms with Crippen molar-refractivity contribution in [3.8, 4) is 17.0 Å². The molecule has 2 amide bonds. The Labute approximate surface area is 204 Å². The van der Waals surface area contributed by atoms with Gasteiger partial charge in [0.25, 0.3) is 17.7 Å². The summed E-state index contributed by atoms with van der Waals surface area (Å²) in [7, 11) is 1.38. The van der Waals surface area contributed by atoms with Crippen LogP contribution in [0.25, 0.3) is 11.3 Å². The number of alkyl halides is 2. The van der Waals surface area contributed by atoms with Gasteiger partial charge >= 0.3 is 0 Å². The second-order valence-corrected chi connectivity index (χ2v) is 8.38. The van der Waals surface area contributed by atoms with Crippen LogP contribution in [-0.4, -0.2) is 47.7 Å². The van der Waals surface area contributed by atoms with Crippen molar-refractivity contribution in [2.45, 2.75) is 24.9 Å². The van der Waals surface area contributed by atoms with Gasteiger partial charge in [0.15, 0.2) is 0 Å². The van der Waals surface area contributed by atoms with Crippen LogP contribution in [0.3, 0.4) is 0 Å². The Kier molecular flexibility index (Phi) is 6.88. The number of piperidine rings is 1. The third-order valence-corrected chi connectivity index (χ3v) is 6.02. The predicted octanol–water partition coefficient (Wildman–Crippen LogP) is 2.48. The van der Waals surface area contributed by atoms with Crippen LogP contribution in [-0.2, 0) is 6.54 Å². The molecule has 1 aliphatic heterocycles. The van der Waals surface area contributed by atoms with Crippen molar-refractivity contribution < 1.29 is 27.5 Å². The molecule has 9 nitrogen and oxygen atoms in total. The van der Waals surface area contributed by atoms with E-state index in [0.29, 0.717) is 17.7 Å². The lowest BCUT2D eigenvalue weighted by Gasteiger charge is -2.32. The fourth-order valence-corrected chi connectivity index (χ4v) is 4.17. The summed E-state index contributed by atoms with van der Waals surface area (Å²) in [6.45, 7) is -0.0673. The zero-order chi connectivity index (χ0) is 26.0. The summed E-state index contributed by atoms with van der Waals surface area (Å²) in [6, 6.07) is 8.87. The predicted molar refractivity (Wildman–Crippen MR) is 126 cm³/mol. The molecule has 0 saturated carbocycles. The van der Waals surface area contributed by atoms with Gasteiger partial charge in [-0.2, -0.15) is 5.10 Å². The molecule has 1 fully saturated rings. The highest BCUT2D eigenvalue weighted by Crippen LogP contribution is 2.38. The fourth-order valence-electron chi connectivity index (χ4n) is 4.17. The summed E-state index contributed by atoms with van der Waals surface area (Å²) >= 11 is 0. The summed E-state index contributed by atoms with van der Waals surface area (Å²) in [5, 5.41) is 9.57. The van der Waals surface area contributed by atoms with Gasteiger partial charge in [-0.05, 0) is 36.7 Å². The zero-order valence-electron chi connectivity index (χ0n) is 19.4. The van der Waals surface area contributed by atoms with Gasteiger partial charge in [-0.1, -0.05) is 24.3 Å². The minimum absolute atomic E-state index is 0.0518. The molecule has 0 bridgehead atoms. The molecular weight excluding hydrogens is 477 g/mol. The van der Waals surface area contributed by atoms with Crippen LogP contribution >= 0.6 is 0 Å². The largest absolute Gasteiger partial charge is 0.496 e. The SMILES string of the molecule is COc1ccc(F)cc1C(=O)NCc1ccc(-c2nn(C3CCNCC3(F)F)c(N)c2C(N)=O)cc1. The molecular formula is C24H25F3N6O3. The number of amides is 2. The second kappa shape index (κ2) is 9.90. The molecule has 12 heteroatoms. The lowest BCUT2D eigenvalue weighted by atomic mass is 10.0. The average Bonchev–Trinajstić information content (AvgIpc) is 3.19. The van der Waals surface area contributed by atoms with Gasteiger partial charge in [0.1, 0.15) is 34.7 Å².